The molecule has 0 saturated carbocycles. The van der Waals surface area contributed by atoms with Crippen LogP contribution in [0.1, 0.15) is 61.5 Å². The molecular formula is C20H27N. The van der Waals surface area contributed by atoms with Crippen LogP contribution in [0.5, 0.6) is 0 Å². The van der Waals surface area contributed by atoms with Crippen LogP contribution >= 0.6 is 0 Å². The fourth-order valence-electron chi connectivity index (χ4n) is 2.68. The van der Waals surface area contributed by atoms with Crippen LogP contribution in [0.4, 0.5) is 0 Å². The van der Waals surface area contributed by atoms with Crippen molar-refractivity contribution in [3.05, 3.63) is 70.8 Å². The van der Waals surface area contributed by atoms with Gasteiger partial charge >= 0.3 is 0 Å². The minimum absolute atomic E-state index is 0.357. The average Bonchev–Trinajstić information content (AvgIpc) is 2.49. The summed E-state index contributed by atoms with van der Waals surface area (Å²) in [5, 5.41) is 3.68. The molecule has 0 aliphatic heterocycles. The summed E-state index contributed by atoms with van der Waals surface area (Å²) in [5.41, 5.74) is 5.44. The molecule has 0 spiro atoms. The molecular weight excluding hydrogens is 254 g/mol. The number of aryl methyl sites for hydroxylation is 2. The number of hydrogen-bond donors (Lipinski definition) is 1. The lowest BCUT2D eigenvalue weighted by Crippen LogP contribution is -2.22. The first-order valence-corrected chi connectivity index (χ1v) is 8.01. The minimum Gasteiger partial charge on any atom is -0.304 e. The highest BCUT2D eigenvalue weighted by molar-refractivity contribution is 5.27. The molecule has 21 heavy (non-hydrogen) atoms. The third-order valence-electron chi connectivity index (χ3n) is 4.10. The summed E-state index contributed by atoms with van der Waals surface area (Å²) in [6, 6.07) is 18.5. The molecule has 0 fully saturated rings. The maximum absolute atomic E-state index is 3.68. The van der Waals surface area contributed by atoms with Crippen LogP contribution in [0.15, 0.2) is 48.5 Å². The maximum Gasteiger partial charge on any atom is 0.0297 e. The van der Waals surface area contributed by atoms with Crippen LogP contribution in [-0.2, 0) is 6.42 Å². The monoisotopic (exact) mass is 281 g/mol. The van der Waals surface area contributed by atoms with Crippen molar-refractivity contribution in [2.24, 2.45) is 0 Å². The fourth-order valence-corrected chi connectivity index (χ4v) is 2.68. The lowest BCUT2D eigenvalue weighted by molar-refractivity contribution is 0.494. The summed E-state index contributed by atoms with van der Waals surface area (Å²) in [6.45, 7) is 8.82. The molecule has 2 aromatic carbocycles. The van der Waals surface area contributed by atoms with Gasteiger partial charge in [-0.1, -0.05) is 67.4 Å². The van der Waals surface area contributed by atoms with Crippen molar-refractivity contribution in [3.63, 3.8) is 0 Å². The molecule has 1 unspecified atom stereocenters. The smallest absolute Gasteiger partial charge is 0.0297 e. The van der Waals surface area contributed by atoms with Gasteiger partial charge in [-0.15, -0.1) is 0 Å². The van der Waals surface area contributed by atoms with Crippen LogP contribution in [0.25, 0.3) is 0 Å². The first kappa shape index (κ1) is 15.8. The summed E-state index contributed by atoms with van der Waals surface area (Å²) in [5.74, 6) is 0. The standard InChI is InChI=1S/C20H27N/c1-5-6-18-9-13-20(14-10-18)17(4)21-16(3)19-11-7-15(2)8-12-19/h7-14,16-17,21H,5-6H2,1-4H3/t16-,17?/m0/s1. The topological polar surface area (TPSA) is 12.0 Å². The summed E-state index contributed by atoms with van der Waals surface area (Å²) < 4.78 is 0. The van der Waals surface area contributed by atoms with E-state index in [1.165, 1.54) is 35.1 Å². The van der Waals surface area contributed by atoms with Gasteiger partial charge in [0, 0.05) is 12.1 Å². The zero-order valence-electron chi connectivity index (χ0n) is 13.7. The van der Waals surface area contributed by atoms with E-state index in [-0.39, 0.29) is 0 Å². The molecule has 0 amide bonds. The van der Waals surface area contributed by atoms with Crippen LogP contribution in [0.2, 0.25) is 0 Å². The van der Waals surface area contributed by atoms with Crippen molar-refractivity contribution in [1.82, 2.24) is 5.32 Å². The quantitative estimate of drug-likeness (QED) is 0.751. The molecule has 0 heterocycles. The van der Waals surface area contributed by atoms with Gasteiger partial charge < -0.3 is 5.32 Å². The van der Waals surface area contributed by atoms with Crippen LogP contribution in [0, 0.1) is 6.92 Å². The van der Waals surface area contributed by atoms with Crippen molar-refractivity contribution < 1.29 is 0 Å². The van der Waals surface area contributed by atoms with Gasteiger partial charge in [0.05, 0.1) is 0 Å². The highest BCUT2D eigenvalue weighted by Gasteiger charge is 2.11. The highest BCUT2D eigenvalue weighted by Crippen LogP contribution is 2.20. The van der Waals surface area contributed by atoms with E-state index in [9.17, 15) is 0 Å². The Labute approximate surface area is 129 Å². The summed E-state index contributed by atoms with van der Waals surface area (Å²) in [6.07, 6.45) is 2.37. The Morgan fingerprint density at radius 3 is 1.76 bits per heavy atom. The van der Waals surface area contributed by atoms with Crippen molar-refractivity contribution in [3.8, 4) is 0 Å². The van der Waals surface area contributed by atoms with E-state index in [1.807, 2.05) is 0 Å². The van der Waals surface area contributed by atoms with E-state index in [1.54, 1.807) is 0 Å². The molecule has 1 heteroatoms. The largest absolute Gasteiger partial charge is 0.304 e. The minimum atomic E-state index is 0.357. The number of rotatable bonds is 6. The molecule has 0 bridgehead atoms. The van der Waals surface area contributed by atoms with Crippen LogP contribution in [0.3, 0.4) is 0 Å². The lowest BCUT2D eigenvalue weighted by atomic mass is 10.0. The van der Waals surface area contributed by atoms with Gasteiger partial charge in [0.1, 0.15) is 0 Å². The van der Waals surface area contributed by atoms with Gasteiger partial charge in [-0.2, -0.15) is 0 Å². The summed E-state index contributed by atoms with van der Waals surface area (Å²) >= 11 is 0. The Balaban J connectivity index is 1.99. The molecule has 112 valence electrons. The maximum atomic E-state index is 3.68. The fraction of sp³-hybridized carbons (Fsp3) is 0.400. The Hall–Kier alpha value is -1.60. The first-order chi connectivity index (χ1) is 10.1. The van der Waals surface area contributed by atoms with E-state index in [4.69, 9.17) is 0 Å². The Morgan fingerprint density at radius 1 is 0.810 bits per heavy atom. The van der Waals surface area contributed by atoms with Gasteiger partial charge in [0.2, 0.25) is 0 Å². The molecule has 2 aromatic rings. The molecule has 2 atom stereocenters. The molecule has 2 rings (SSSR count). The first-order valence-electron chi connectivity index (χ1n) is 8.01. The predicted molar refractivity (Wildman–Crippen MR) is 91.6 cm³/mol. The third kappa shape index (κ3) is 4.44. The Kier molecular flexibility index (Phi) is 5.58. The van der Waals surface area contributed by atoms with E-state index in [2.05, 4.69) is 81.5 Å². The van der Waals surface area contributed by atoms with Gasteiger partial charge in [-0.25, -0.2) is 0 Å². The second kappa shape index (κ2) is 7.42. The summed E-state index contributed by atoms with van der Waals surface area (Å²) in [4.78, 5) is 0. The molecule has 0 aromatic heterocycles. The number of benzene rings is 2. The van der Waals surface area contributed by atoms with Gasteiger partial charge in [0.25, 0.3) is 0 Å². The predicted octanol–water partition coefficient (Wildman–Crippen LogP) is 5.36. The van der Waals surface area contributed by atoms with E-state index in [0.717, 1.165) is 0 Å². The zero-order chi connectivity index (χ0) is 15.2. The molecule has 1 N–H and O–H groups in total. The van der Waals surface area contributed by atoms with Crippen molar-refractivity contribution in [2.45, 2.75) is 52.6 Å². The highest BCUT2D eigenvalue weighted by atomic mass is 14.9. The molecule has 0 saturated heterocycles. The molecule has 1 nitrogen and oxygen atoms in total. The Bertz CT molecular complexity index is 539. The van der Waals surface area contributed by atoms with E-state index >= 15 is 0 Å². The SMILES string of the molecule is CCCc1ccc(C(C)N[C@@H](C)c2ccc(C)cc2)cc1. The third-order valence-corrected chi connectivity index (χ3v) is 4.10. The van der Waals surface area contributed by atoms with Crippen LogP contribution < -0.4 is 5.32 Å². The lowest BCUT2D eigenvalue weighted by Gasteiger charge is -2.21. The molecule has 0 radical (unpaired) electrons. The van der Waals surface area contributed by atoms with Gasteiger partial charge in [-0.05, 0) is 43.9 Å². The van der Waals surface area contributed by atoms with Crippen molar-refractivity contribution in [2.75, 3.05) is 0 Å². The van der Waals surface area contributed by atoms with Gasteiger partial charge in [0.15, 0.2) is 0 Å². The normalized spacial score (nSPS) is 13.9. The zero-order valence-corrected chi connectivity index (χ0v) is 13.7. The molecule has 0 aliphatic rings. The van der Waals surface area contributed by atoms with Crippen LogP contribution in [-0.4, -0.2) is 0 Å². The summed E-state index contributed by atoms with van der Waals surface area (Å²) in [7, 11) is 0. The second-order valence-electron chi connectivity index (χ2n) is 6.01. The number of nitrogens with one attached hydrogen (secondary N) is 1. The molecule has 0 aliphatic carbocycles. The number of hydrogen-bond acceptors (Lipinski definition) is 1. The van der Waals surface area contributed by atoms with E-state index < -0.39 is 0 Å². The Morgan fingerprint density at radius 2 is 1.29 bits per heavy atom. The van der Waals surface area contributed by atoms with Crippen molar-refractivity contribution >= 4 is 0 Å². The van der Waals surface area contributed by atoms with Crippen molar-refractivity contribution in [1.29, 1.82) is 0 Å². The van der Waals surface area contributed by atoms with E-state index in [0.29, 0.717) is 12.1 Å². The average molecular weight is 281 g/mol. The second-order valence-corrected chi connectivity index (χ2v) is 6.01. The van der Waals surface area contributed by atoms with Gasteiger partial charge in [-0.3, -0.25) is 0 Å².